The molecule has 3 rings (SSSR count). The second kappa shape index (κ2) is 6.83. The fourth-order valence-electron chi connectivity index (χ4n) is 4.14. The van der Waals surface area contributed by atoms with E-state index in [1.165, 1.54) is 6.07 Å². The zero-order valence-electron chi connectivity index (χ0n) is 14.0. The number of aliphatic hydroxyl groups is 1. The fraction of sp³-hybridized carbons (Fsp3) is 0.611. The first-order valence-electron chi connectivity index (χ1n) is 8.66. The van der Waals surface area contributed by atoms with Crippen molar-refractivity contribution < 1.29 is 13.5 Å². The molecule has 0 spiro atoms. The highest BCUT2D eigenvalue weighted by Gasteiger charge is 2.42. The van der Waals surface area contributed by atoms with Gasteiger partial charge in [-0.25, -0.2) is 8.42 Å². The smallest absolute Gasteiger partial charge is 0.243 e. The lowest BCUT2D eigenvalue weighted by atomic mass is 9.81. The van der Waals surface area contributed by atoms with Gasteiger partial charge in [0.1, 0.15) is 0 Å². The van der Waals surface area contributed by atoms with Gasteiger partial charge in [-0.2, -0.15) is 9.57 Å². The molecule has 0 radical (unpaired) electrons. The SMILES string of the molecule is Cc1cc(S(=O)(=O)N2CCCC2C2CCCCC2O)ccc1C#N. The van der Waals surface area contributed by atoms with Gasteiger partial charge in [-0.05, 0) is 56.4 Å². The summed E-state index contributed by atoms with van der Waals surface area (Å²) in [5.74, 6) is 0.0375. The van der Waals surface area contributed by atoms with E-state index in [2.05, 4.69) is 6.07 Å². The molecule has 3 unspecified atom stereocenters. The average Bonchev–Trinajstić information content (AvgIpc) is 3.05. The highest BCUT2D eigenvalue weighted by molar-refractivity contribution is 7.89. The molecule has 24 heavy (non-hydrogen) atoms. The van der Waals surface area contributed by atoms with Crippen molar-refractivity contribution in [2.75, 3.05) is 6.54 Å². The van der Waals surface area contributed by atoms with Crippen molar-refractivity contribution in [1.82, 2.24) is 4.31 Å². The van der Waals surface area contributed by atoms with Crippen LogP contribution in [-0.4, -0.2) is 36.5 Å². The van der Waals surface area contributed by atoms with Crippen molar-refractivity contribution >= 4 is 10.0 Å². The summed E-state index contributed by atoms with van der Waals surface area (Å²) in [7, 11) is -3.60. The lowest BCUT2D eigenvalue weighted by Crippen LogP contribution is -2.45. The van der Waals surface area contributed by atoms with E-state index in [-0.39, 0.29) is 16.9 Å². The monoisotopic (exact) mass is 348 g/mol. The fourth-order valence-corrected chi connectivity index (χ4v) is 5.96. The van der Waals surface area contributed by atoms with Gasteiger partial charge in [0, 0.05) is 18.5 Å². The van der Waals surface area contributed by atoms with Crippen molar-refractivity contribution in [3.8, 4) is 6.07 Å². The number of nitriles is 1. The Morgan fingerprint density at radius 3 is 2.62 bits per heavy atom. The second-order valence-electron chi connectivity index (χ2n) is 6.93. The Labute approximate surface area is 144 Å². The highest BCUT2D eigenvalue weighted by atomic mass is 32.2. The summed E-state index contributed by atoms with van der Waals surface area (Å²) < 4.78 is 27.8. The summed E-state index contributed by atoms with van der Waals surface area (Å²) in [4.78, 5) is 0.246. The molecule has 0 amide bonds. The summed E-state index contributed by atoms with van der Waals surface area (Å²) in [6.45, 7) is 2.26. The van der Waals surface area contributed by atoms with Crippen LogP contribution in [-0.2, 0) is 10.0 Å². The van der Waals surface area contributed by atoms with Crippen LogP contribution < -0.4 is 0 Å². The average molecular weight is 348 g/mol. The molecule has 1 N–H and O–H groups in total. The topological polar surface area (TPSA) is 81.4 Å². The molecule has 0 bridgehead atoms. The molecule has 2 aliphatic rings. The zero-order valence-corrected chi connectivity index (χ0v) is 14.8. The van der Waals surface area contributed by atoms with Gasteiger partial charge in [0.25, 0.3) is 0 Å². The van der Waals surface area contributed by atoms with Gasteiger partial charge in [0.15, 0.2) is 0 Å². The largest absolute Gasteiger partial charge is 0.393 e. The Kier molecular flexibility index (Phi) is 4.95. The third kappa shape index (κ3) is 3.08. The summed E-state index contributed by atoms with van der Waals surface area (Å²) in [6.07, 6.45) is 4.99. The van der Waals surface area contributed by atoms with Gasteiger partial charge in [0.05, 0.1) is 22.6 Å². The first-order valence-corrected chi connectivity index (χ1v) is 10.1. The first-order chi connectivity index (χ1) is 11.4. The molecule has 1 aliphatic heterocycles. The van der Waals surface area contributed by atoms with E-state index in [1.807, 2.05) is 0 Å². The maximum absolute atomic E-state index is 13.1. The molecule has 2 fully saturated rings. The highest BCUT2D eigenvalue weighted by Crippen LogP contribution is 2.37. The predicted octanol–water partition coefficient (Wildman–Crippen LogP) is 2.57. The van der Waals surface area contributed by atoms with Crippen molar-refractivity contribution in [1.29, 1.82) is 5.26 Å². The molecule has 1 saturated carbocycles. The Bertz CT molecular complexity index is 754. The van der Waals surface area contributed by atoms with E-state index in [0.29, 0.717) is 17.7 Å². The maximum atomic E-state index is 13.1. The molecule has 3 atom stereocenters. The lowest BCUT2D eigenvalue weighted by molar-refractivity contribution is 0.0386. The van der Waals surface area contributed by atoms with Gasteiger partial charge >= 0.3 is 0 Å². The van der Waals surface area contributed by atoms with Crippen LogP contribution in [0.5, 0.6) is 0 Å². The molecule has 130 valence electrons. The van der Waals surface area contributed by atoms with Crippen LogP contribution in [0.2, 0.25) is 0 Å². The van der Waals surface area contributed by atoms with Crippen molar-refractivity contribution in [2.45, 2.75) is 62.5 Å². The third-order valence-corrected chi connectivity index (χ3v) is 7.37. The third-order valence-electron chi connectivity index (χ3n) is 5.45. The van der Waals surface area contributed by atoms with Crippen LogP contribution in [0.3, 0.4) is 0 Å². The van der Waals surface area contributed by atoms with Crippen molar-refractivity contribution in [3.63, 3.8) is 0 Å². The van der Waals surface area contributed by atoms with Crippen molar-refractivity contribution in [3.05, 3.63) is 29.3 Å². The molecular formula is C18H24N2O3S. The van der Waals surface area contributed by atoms with Crippen LogP contribution in [0.15, 0.2) is 23.1 Å². The zero-order chi connectivity index (χ0) is 17.3. The number of hydrogen-bond acceptors (Lipinski definition) is 4. The Morgan fingerprint density at radius 2 is 1.96 bits per heavy atom. The first kappa shape index (κ1) is 17.4. The number of aryl methyl sites for hydroxylation is 1. The number of hydrogen-bond donors (Lipinski definition) is 1. The van der Waals surface area contributed by atoms with E-state index in [4.69, 9.17) is 5.26 Å². The van der Waals surface area contributed by atoms with Gasteiger partial charge in [-0.3, -0.25) is 0 Å². The lowest BCUT2D eigenvalue weighted by Gasteiger charge is -2.36. The Hall–Kier alpha value is -1.42. The van der Waals surface area contributed by atoms with Crippen LogP contribution in [0.1, 0.15) is 49.7 Å². The van der Waals surface area contributed by atoms with Crippen molar-refractivity contribution in [2.24, 2.45) is 5.92 Å². The van der Waals surface area contributed by atoms with E-state index in [9.17, 15) is 13.5 Å². The standard InChI is InChI=1S/C18H24N2O3S/c1-13-11-15(9-8-14(13)12-19)24(22,23)20-10-4-6-17(20)16-5-2-3-7-18(16)21/h8-9,11,16-18,21H,2-7,10H2,1H3. The normalized spacial score (nSPS) is 28.6. The number of nitrogens with zero attached hydrogens (tertiary/aromatic N) is 2. The van der Waals surface area contributed by atoms with E-state index >= 15 is 0 Å². The molecule has 5 nitrogen and oxygen atoms in total. The summed E-state index contributed by atoms with van der Waals surface area (Å²) in [5.41, 5.74) is 1.17. The summed E-state index contributed by atoms with van der Waals surface area (Å²) in [6, 6.07) is 6.64. The molecule has 1 aromatic rings. The van der Waals surface area contributed by atoms with Gasteiger partial charge in [-0.15, -0.1) is 0 Å². The van der Waals surface area contributed by atoms with Gasteiger partial charge in [0.2, 0.25) is 10.0 Å². The van der Waals surface area contributed by atoms with Crippen LogP contribution in [0, 0.1) is 24.2 Å². The Balaban J connectivity index is 1.91. The predicted molar refractivity (Wildman–Crippen MR) is 90.8 cm³/mol. The van der Waals surface area contributed by atoms with Crippen LogP contribution >= 0.6 is 0 Å². The second-order valence-corrected chi connectivity index (χ2v) is 8.82. The van der Waals surface area contributed by atoms with E-state index in [1.54, 1.807) is 23.4 Å². The molecule has 0 aromatic heterocycles. The molecule has 6 heteroatoms. The quantitative estimate of drug-likeness (QED) is 0.910. The summed E-state index contributed by atoms with van der Waals surface area (Å²) >= 11 is 0. The number of rotatable bonds is 3. The van der Waals surface area contributed by atoms with E-state index in [0.717, 1.165) is 38.5 Å². The van der Waals surface area contributed by atoms with Gasteiger partial charge < -0.3 is 5.11 Å². The van der Waals surface area contributed by atoms with E-state index < -0.39 is 16.1 Å². The molecule has 1 saturated heterocycles. The molecular weight excluding hydrogens is 324 g/mol. The van der Waals surface area contributed by atoms with Gasteiger partial charge in [-0.1, -0.05) is 12.8 Å². The van der Waals surface area contributed by atoms with Crippen LogP contribution in [0.4, 0.5) is 0 Å². The molecule has 1 aliphatic carbocycles. The Morgan fingerprint density at radius 1 is 1.21 bits per heavy atom. The molecule has 1 heterocycles. The number of sulfonamides is 1. The van der Waals surface area contributed by atoms with Crippen LogP contribution in [0.25, 0.3) is 0 Å². The minimum Gasteiger partial charge on any atom is -0.393 e. The number of aliphatic hydroxyl groups excluding tert-OH is 1. The minimum atomic E-state index is -3.60. The minimum absolute atomic E-state index is 0.0375. The number of benzene rings is 1. The molecule has 1 aromatic carbocycles. The maximum Gasteiger partial charge on any atom is 0.243 e. The summed E-state index contributed by atoms with van der Waals surface area (Å²) in [5, 5.41) is 19.4.